The summed E-state index contributed by atoms with van der Waals surface area (Å²) in [7, 11) is 0. The average Bonchev–Trinajstić information content (AvgIpc) is 2.92. The summed E-state index contributed by atoms with van der Waals surface area (Å²) in [6.45, 7) is 0. The lowest BCUT2D eigenvalue weighted by Gasteiger charge is -2.03. The molecule has 2 heterocycles. The molecule has 1 aromatic carbocycles. The van der Waals surface area contributed by atoms with Gasteiger partial charge in [0.15, 0.2) is 11.5 Å². The highest BCUT2D eigenvalue weighted by Crippen LogP contribution is 2.27. The maximum Gasteiger partial charge on any atom is 0.278 e. The van der Waals surface area contributed by atoms with Gasteiger partial charge in [-0.3, -0.25) is 0 Å². The molecule has 3 aromatic rings. The van der Waals surface area contributed by atoms with E-state index in [-0.39, 0.29) is 5.89 Å². The van der Waals surface area contributed by atoms with Crippen molar-refractivity contribution in [3.05, 3.63) is 58.0 Å². The first-order chi connectivity index (χ1) is 10.1. The Bertz CT molecular complexity index is 768. The van der Waals surface area contributed by atoms with E-state index in [1.54, 1.807) is 36.5 Å². The maximum atomic E-state index is 6.13. The molecule has 0 spiro atoms. The van der Waals surface area contributed by atoms with E-state index in [0.717, 1.165) is 5.56 Å². The fraction of sp³-hybridized carbons (Fsp3) is 0.0714. The van der Waals surface area contributed by atoms with Crippen molar-refractivity contribution in [1.82, 2.24) is 15.1 Å². The molecule has 106 valence electrons. The Labute approximate surface area is 130 Å². The average molecular weight is 321 g/mol. The van der Waals surface area contributed by atoms with Crippen molar-refractivity contribution in [3.63, 3.8) is 0 Å². The van der Waals surface area contributed by atoms with Crippen LogP contribution in [0.1, 0.15) is 11.4 Å². The van der Waals surface area contributed by atoms with Gasteiger partial charge in [-0.15, -0.1) is 0 Å². The third kappa shape index (κ3) is 2.84. The van der Waals surface area contributed by atoms with Gasteiger partial charge in [-0.2, -0.15) is 4.98 Å². The smallest absolute Gasteiger partial charge is 0.278 e. The Morgan fingerprint density at radius 3 is 2.57 bits per heavy atom. The second kappa shape index (κ2) is 5.71. The van der Waals surface area contributed by atoms with Gasteiger partial charge >= 0.3 is 0 Å². The van der Waals surface area contributed by atoms with E-state index in [9.17, 15) is 0 Å². The monoisotopic (exact) mass is 320 g/mol. The molecule has 21 heavy (non-hydrogen) atoms. The van der Waals surface area contributed by atoms with Crippen LogP contribution in [0.3, 0.4) is 0 Å². The molecule has 0 saturated carbocycles. The van der Waals surface area contributed by atoms with Crippen LogP contribution in [0.4, 0.5) is 5.69 Å². The molecular formula is C14H10Cl2N4O. The van der Waals surface area contributed by atoms with Crippen molar-refractivity contribution in [2.24, 2.45) is 0 Å². The first-order valence-corrected chi connectivity index (χ1v) is 6.87. The molecular weight excluding hydrogens is 311 g/mol. The molecule has 0 fully saturated rings. The van der Waals surface area contributed by atoms with Crippen molar-refractivity contribution in [3.8, 4) is 11.6 Å². The third-order valence-corrected chi connectivity index (χ3v) is 3.61. The van der Waals surface area contributed by atoms with E-state index < -0.39 is 0 Å². The lowest BCUT2D eigenvalue weighted by Crippen LogP contribution is -1.95. The van der Waals surface area contributed by atoms with E-state index >= 15 is 0 Å². The van der Waals surface area contributed by atoms with Gasteiger partial charge in [0.2, 0.25) is 0 Å². The van der Waals surface area contributed by atoms with Crippen LogP contribution in [-0.4, -0.2) is 15.1 Å². The van der Waals surface area contributed by atoms with E-state index in [4.69, 9.17) is 33.5 Å². The number of rotatable bonds is 3. The second-order valence-electron chi connectivity index (χ2n) is 4.33. The summed E-state index contributed by atoms with van der Waals surface area (Å²) in [5.41, 5.74) is 7.52. The highest BCUT2D eigenvalue weighted by molar-refractivity contribution is 6.36. The fourth-order valence-corrected chi connectivity index (χ4v) is 2.41. The summed E-state index contributed by atoms with van der Waals surface area (Å²) in [5.74, 6) is 0.733. The van der Waals surface area contributed by atoms with E-state index in [1.165, 1.54) is 0 Å². The fourth-order valence-electron chi connectivity index (χ4n) is 1.88. The first kappa shape index (κ1) is 13.9. The summed E-state index contributed by atoms with van der Waals surface area (Å²) in [6.07, 6.45) is 1.98. The van der Waals surface area contributed by atoms with Gasteiger partial charge in [0, 0.05) is 22.7 Å². The number of nitrogen functional groups attached to an aromatic ring is 1. The minimum Gasteiger partial charge on any atom is -0.397 e. The second-order valence-corrected chi connectivity index (χ2v) is 5.15. The van der Waals surface area contributed by atoms with Crippen LogP contribution in [0.2, 0.25) is 10.0 Å². The van der Waals surface area contributed by atoms with Crippen molar-refractivity contribution in [2.75, 3.05) is 5.73 Å². The Balaban J connectivity index is 1.91. The van der Waals surface area contributed by atoms with Crippen LogP contribution < -0.4 is 5.73 Å². The van der Waals surface area contributed by atoms with Gasteiger partial charge < -0.3 is 10.3 Å². The van der Waals surface area contributed by atoms with Gasteiger partial charge in [-0.25, -0.2) is 4.98 Å². The number of pyridine rings is 1. The molecule has 0 aliphatic rings. The van der Waals surface area contributed by atoms with Crippen molar-refractivity contribution >= 4 is 28.9 Å². The summed E-state index contributed by atoms with van der Waals surface area (Å²) < 4.78 is 5.19. The molecule has 0 aliphatic heterocycles. The van der Waals surface area contributed by atoms with E-state index in [0.29, 0.717) is 33.7 Å². The van der Waals surface area contributed by atoms with E-state index in [2.05, 4.69) is 15.1 Å². The van der Waals surface area contributed by atoms with Crippen molar-refractivity contribution in [1.29, 1.82) is 0 Å². The normalized spacial score (nSPS) is 10.8. The molecule has 2 aromatic heterocycles. The number of hydrogen-bond acceptors (Lipinski definition) is 5. The maximum absolute atomic E-state index is 6.13. The summed E-state index contributed by atoms with van der Waals surface area (Å²) in [4.78, 5) is 8.41. The SMILES string of the molecule is Nc1cccnc1-c1nc(Cc2c(Cl)cccc2Cl)no1. The van der Waals surface area contributed by atoms with Crippen molar-refractivity contribution < 1.29 is 4.52 Å². The van der Waals surface area contributed by atoms with Crippen LogP contribution >= 0.6 is 23.2 Å². The van der Waals surface area contributed by atoms with Crippen LogP contribution in [0.25, 0.3) is 11.6 Å². The third-order valence-electron chi connectivity index (χ3n) is 2.91. The molecule has 2 N–H and O–H groups in total. The lowest BCUT2D eigenvalue weighted by molar-refractivity contribution is 0.423. The standard InChI is InChI=1S/C14H10Cl2N4O/c15-9-3-1-4-10(16)8(9)7-12-19-14(21-20-12)13-11(17)5-2-6-18-13/h1-6H,7,17H2. The number of hydrogen-bond donors (Lipinski definition) is 1. The summed E-state index contributed by atoms with van der Waals surface area (Å²) >= 11 is 12.3. The topological polar surface area (TPSA) is 77.8 Å². The Morgan fingerprint density at radius 1 is 1.10 bits per heavy atom. The molecule has 0 radical (unpaired) electrons. The number of nitrogens with two attached hydrogens (primary N) is 1. The molecule has 0 atom stereocenters. The molecule has 0 unspecified atom stereocenters. The van der Waals surface area contributed by atoms with Gasteiger partial charge in [0.05, 0.1) is 5.69 Å². The van der Waals surface area contributed by atoms with E-state index in [1.807, 2.05) is 0 Å². The number of benzene rings is 1. The number of anilines is 1. The molecule has 0 aliphatic carbocycles. The highest BCUT2D eigenvalue weighted by Gasteiger charge is 2.15. The highest BCUT2D eigenvalue weighted by atomic mass is 35.5. The van der Waals surface area contributed by atoms with Gasteiger partial charge in [-0.05, 0) is 29.8 Å². The quantitative estimate of drug-likeness (QED) is 0.797. The van der Waals surface area contributed by atoms with Crippen LogP contribution in [0, 0.1) is 0 Å². The Morgan fingerprint density at radius 2 is 1.86 bits per heavy atom. The first-order valence-electron chi connectivity index (χ1n) is 6.11. The molecule has 3 rings (SSSR count). The molecule has 7 heteroatoms. The molecule has 0 amide bonds. The predicted octanol–water partition coefficient (Wildman–Crippen LogP) is 3.61. The van der Waals surface area contributed by atoms with Crippen LogP contribution in [-0.2, 0) is 6.42 Å². The Hall–Kier alpha value is -2.11. The van der Waals surface area contributed by atoms with Gasteiger partial charge in [0.1, 0.15) is 0 Å². The van der Waals surface area contributed by atoms with Crippen LogP contribution in [0.15, 0.2) is 41.1 Å². The van der Waals surface area contributed by atoms with Gasteiger partial charge in [-0.1, -0.05) is 34.4 Å². The number of halogens is 2. The molecule has 0 saturated heterocycles. The van der Waals surface area contributed by atoms with Crippen molar-refractivity contribution in [2.45, 2.75) is 6.42 Å². The zero-order valence-electron chi connectivity index (χ0n) is 10.8. The largest absolute Gasteiger partial charge is 0.397 e. The number of nitrogens with zero attached hydrogens (tertiary/aromatic N) is 3. The van der Waals surface area contributed by atoms with Gasteiger partial charge in [0.25, 0.3) is 5.89 Å². The minimum atomic E-state index is 0.270. The molecule has 0 bridgehead atoms. The number of aromatic nitrogens is 3. The summed E-state index contributed by atoms with van der Waals surface area (Å²) in [5, 5.41) is 5.03. The minimum absolute atomic E-state index is 0.270. The lowest BCUT2D eigenvalue weighted by atomic mass is 10.1. The summed E-state index contributed by atoms with van der Waals surface area (Å²) in [6, 6.07) is 8.77. The zero-order chi connectivity index (χ0) is 14.8. The molecule has 5 nitrogen and oxygen atoms in total. The zero-order valence-corrected chi connectivity index (χ0v) is 12.3. The Kier molecular flexibility index (Phi) is 3.77. The predicted molar refractivity (Wildman–Crippen MR) is 81.2 cm³/mol. The van der Waals surface area contributed by atoms with Crippen LogP contribution in [0.5, 0.6) is 0 Å².